The van der Waals surface area contributed by atoms with E-state index in [-0.39, 0.29) is 17.1 Å². The van der Waals surface area contributed by atoms with Crippen LogP contribution in [0.25, 0.3) is 6.08 Å². The Morgan fingerprint density at radius 1 is 0.969 bits per heavy atom. The van der Waals surface area contributed by atoms with Crippen molar-refractivity contribution in [2.45, 2.75) is 13.8 Å². The second-order valence-corrected chi connectivity index (χ2v) is 7.41. The maximum Gasteiger partial charge on any atom is 0.340 e. The molecule has 0 unspecified atom stereocenters. The number of methoxy groups -OCH3 is 4. The summed E-state index contributed by atoms with van der Waals surface area (Å²) in [7, 11) is 5.76. The van der Waals surface area contributed by atoms with Gasteiger partial charge in [0.25, 0.3) is 5.91 Å². The zero-order valence-electron chi connectivity index (χ0n) is 18.7. The van der Waals surface area contributed by atoms with Crippen LogP contribution in [-0.4, -0.2) is 40.3 Å². The topological polar surface area (TPSA) is 74.3 Å². The maximum absolute atomic E-state index is 13.5. The largest absolute Gasteiger partial charge is 0.493 e. The van der Waals surface area contributed by atoms with E-state index in [1.807, 2.05) is 13.0 Å². The third-order valence-corrected chi connectivity index (χ3v) is 5.64. The molecule has 0 radical (unpaired) electrons. The van der Waals surface area contributed by atoms with Crippen LogP contribution < -0.4 is 19.1 Å². The van der Waals surface area contributed by atoms with Gasteiger partial charge in [0.05, 0.1) is 45.3 Å². The Morgan fingerprint density at radius 2 is 1.66 bits per heavy atom. The van der Waals surface area contributed by atoms with Crippen LogP contribution in [0.15, 0.2) is 47.2 Å². The van der Waals surface area contributed by atoms with E-state index >= 15 is 0 Å². The number of ether oxygens (including phenoxy) is 4. The van der Waals surface area contributed by atoms with Gasteiger partial charge in [0.2, 0.25) is 5.75 Å². The van der Waals surface area contributed by atoms with Gasteiger partial charge in [-0.25, -0.2) is 4.79 Å². The highest BCUT2D eigenvalue weighted by atomic mass is 35.5. The molecule has 0 bridgehead atoms. The summed E-state index contributed by atoms with van der Waals surface area (Å²) >= 11 is 6.28. The maximum atomic E-state index is 13.5. The van der Waals surface area contributed by atoms with Crippen molar-refractivity contribution >= 4 is 35.2 Å². The predicted octanol–water partition coefficient (Wildman–Crippen LogP) is 4.55. The molecule has 0 atom stereocenters. The number of allylic oxidation sites excluding steroid dienone is 1. The number of anilines is 1. The van der Waals surface area contributed by atoms with E-state index in [1.54, 1.807) is 37.3 Å². The van der Waals surface area contributed by atoms with Crippen molar-refractivity contribution < 1.29 is 28.5 Å². The number of rotatable bonds is 6. The van der Waals surface area contributed by atoms with Crippen LogP contribution in [0.3, 0.4) is 0 Å². The molecule has 0 saturated carbocycles. The quantitative estimate of drug-likeness (QED) is 0.468. The van der Waals surface area contributed by atoms with Crippen LogP contribution in [0.5, 0.6) is 17.2 Å². The fraction of sp³-hybridized carbons (Fsp3) is 0.250. The van der Waals surface area contributed by atoms with Gasteiger partial charge < -0.3 is 18.9 Å². The molecule has 32 heavy (non-hydrogen) atoms. The smallest absolute Gasteiger partial charge is 0.340 e. The summed E-state index contributed by atoms with van der Waals surface area (Å²) in [6.45, 7) is 3.56. The van der Waals surface area contributed by atoms with Gasteiger partial charge in [0.1, 0.15) is 0 Å². The zero-order valence-corrected chi connectivity index (χ0v) is 19.5. The monoisotopic (exact) mass is 457 g/mol. The molecule has 2 aromatic rings. The van der Waals surface area contributed by atoms with Crippen LogP contribution in [0.4, 0.5) is 5.69 Å². The highest BCUT2D eigenvalue weighted by molar-refractivity contribution is 6.32. The number of nitrogens with zero attached hydrogens (tertiary/aromatic N) is 1. The van der Waals surface area contributed by atoms with Gasteiger partial charge >= 0.3 is 5.97 Å². The molecule has 0 aliphatic carbocycles. The normalized spacial score (nSPS) is 14.8. The van der Waals surface area contributed by atoms with Crippen LogP contribution in [0, 0.1) is 6.92 Å². The number of carbonyl (C=O) groups is 2. The summed E-state index contributed by atoms with van der Waals surface area (Å²) in [5, 5.41) is 0.515. The van der Waals surface area contributed by atoms with E-state index in [1.165, 1.54) is 33.3 Å². The molecule has 3 rings (SSSR count). The lowest BCUT2D eigenvalue weighted by Crippen LogP contribution is -2.24. The Labute approximate surface area is 191 Å². The van der Waals surface area contributed by atoms with Crippen molar-refractivity contribution in [3.8, 4) is 17.2 Å². The molecule has 1 heterocycles. The number of hydrogen-bond donors (Lipinski definition) is 0. The van der Waals surface area contributed by atoms with Gasteiger partial charge in [0.15, 0.2) is 11.5 Å². The number of hydrogen-bond acceptors (Lipinski definition) is 6. The fourth-order valence-corrected chi connectivity index (χ4v) is 3.78. The second kappa shape index (κ2) is 9.36. The Kier molecular flexibility index (Phi) is 6.79. The van der Waals surface area contributed by atoms with Crippen LogP contribution in [-0.2, 0) is 14.3 Å². The van der Waals surface area contributed by atoms with E-state index in [0.29, 0.717) is 39.2 Å². The Balaban J connectivity index is 2.22. The second-order valence-electron chi connectivity index (χ2n) is 7.01. The molecule has 0 N–H and O–H groups in total. The highest BCUT2D eigenvalue weighted by Crippen LogP contribution is 2.43. The van der Waals surface area contributed by atoms with Crippen LogP contribution >= 0.6 is 11.6 Å². The SMILES string of the molecule is COC(=O)C1=C(C)N(c2ccc(C)c(Cl)c2)C(=O)/C1=C\c1ccc(OC)c(OC)c1OC. The fourth-order valence-electron chi connectivity index (χ4n) is 3.61. The van der Waals surface area contributed by atoms with Gasteiger partial charge in [-0.05, 0) is 49.8 Å². The lowest BCUT2D eigenvalue weighted by atomic mass is 10.0. The molecule has 8 heteroatoms. The average molecular weight is 458 g/mol. The molecule has 0 fully saturated rings. The number of esters is 1. The van der Waals surface area contributed by atoms with Crippen LogP contribution in [0.2, 0.25) is 5.02 Å². The minimum atomic E-state index is -0.623. The average Bonchev–Trinajstić information content (AvgIpc) is 3.03. The van der Waals surface area contributed by atoms with Crippen molar-refractivity contribution in [3.05, 3.63) is 63.3 Å². The first kappa shape index (κ1) is 23.2. The molecular formula is C24H24ClNO6. The molecule has 2 aromatic carbocycles. The number of aryl methyl sites for hydroxylation is 1. The Hall–Kier alpha value is -3.45. The molecule has 1 aliphatic rings. The zero-order chi connectivity index (χ0) is 23.6. The summed E-state index contributed by atoms with van der Waals surface area (Å²) in [4.78, 5) is 27.6. The van der Waals surface area contributed by atoms with Gasteiger partial charge in [-0.2, -0.15) is 0 Å². The van der Waals surface area contributed by atoms with Gasteiger partial charge in [-0.3, -0.25) is 9.69 Å². The molecule has 0 spiro atoms. The van der Waals surface area contributed by atoms with Crippen molar-refractivity contribution in [3.63, 3.8) is 0 Å². The lowest BCUT2D eigenvalue weighted by Gasteiger charge is -2.19. The number of carbonyl (C=O) groups excluding carboxylic acids is 2. The standard InChI is InChI=1S/C24H24ClNO6/c1-13-7-9-16(12-18(13)25)26-14(2)20(24(28)32-6)17(23(26)27)11-15-8-10-19(29-3)22(31-5)21(15)30-4/h7-12H,1-6H3/b17-11-. The first-order chi connectivity index (χ1) is 15.3. The highest BCUT2D eigenvalue weighted by Gasteiger charge is 2.38. The van der Waals surface area contributed by atoms with Gasteiger partial charge in [-0.15, -0.1) is 0 Å². The molecule has 1 amide bonds. The number of amides is 1. The summed E-state index contributed by atoms with van der Waals surface area (Å²) in [6, 6.07) is 8.69. The van der Waals surface area contributed by atoms with Crippen molar-refractivity contribution in [1.82, 2.24) is 0 Å². The summed E-state index contributed by atoms with van der Waals surface area (Å²) in [6.07, 6.45) is 1.58. The lowest BCUT2D eigenvalue weighted by molar-refractivity contribution is -0.136. The van der Waals surface area contributed by atoms with Crippen molar-refractivity contribution in [1.29, 1.82) is 0 Å². The van der Waals surface area contributed by atoms with E-state index in [4.69, 9.17) is 30.5 Å². The van der Waals surface area contributed by atoms with Crippen molar-refractivity contribution in [2.24, 2.45) is 0 Å². The summed E-state index contributed by atoms with van der Waals surface area (Å²) in [5.74, 6) is 0.199. The molecule has 7 nitrogen and oxygen atoms in total. The third-order valence-electron chi connectivity index (χ3n) is 5.24. The van der Waals surface area contributed by atoms with E-state index in [2.05, 4.69) is 0 Å². The predicted molar refractivity (Wildman–Crippen MR) is 122 cm³/mol. The van der Waals surface area contributed by atoms with Crippen molar-refractivity contribution in [2.75, 3.05) is 33.3 Å². The Bertz CT molecular complexity index is 1150. The first-order valence-electron chi connectivity index (χ1n) is 9.69. The third kappa shape index (κ3) is 3.91. The van der Waals surface area contributed by atoms with E-state index < -0.39 is 5.97 Å². The van der Waals surface area contributed by atoms with E-state index in [0.717, 1.165) is 5.56 Å². The summed E-state index contributed by atoms with van der Waals surface area (Å²) < 4.78 is 21.2. The number of benzene rings is 2. The minimum Gasteiger partial charge on any atom is -0.493 e. The van der Waals surface area contributed by atoms with Gasteiger partial charge in [0, 0.05) is 16.3 Å². The molecule has 1 aliphatic heterocycles. The van der Waals surface area contributed by atoms with Gasteiger partial charge in [-0.1, -0.05) is 17.7 Å². The molecule has 0 aromatic heterocycles. The first-order valence-corrected chi connectivity index (χ1v) is 10.1. The van der Waals surface area contributed by atoms with E-state index in [9.17, 15) is 9.59 Å². The molecule has 0 saturated heterocycles. The molecular weight excluding hydrogens is 434 g/mol. The number of halogens is 1. The molecule has 168 valence electrons. The Morgan fingerprint density at radius 3 is 2.22 bits per heavy atom. The van der Waals surface area contributed by atoms with Crippen LogP contribution in [0.1, 0.15) is 18.1 Å². The minimum absolute atomic E-state index is 0.158. The summed E-state index contributed by atoms with van der Waals surface area (Å²) in [5.41, 5.74) is 2.72.